The fourth-order valence-electron chi connectivity index (χ4n) is 1.90. The maximum absolute atomic E-state index is 10.2. The summed E-state index contributed by atoms with van der Waals surface area (Å²) in [5.74, 6) is 0. The Kier molecular flexibility index (Phi) is 4.20. The Hall–Kier alpha value is -0.0800. The SMILES string of the molecule is CC[C@H](C)NCC1(O)CCCCC1. The largest absolute Gasteiger partial charge is 0.389 e. The Morgan fingerprint density at radius 1 is 1.31 bits per heavy atom. The minimum atomic E-state index is -0.401. The van der Waals surface area contributed by atoms with Crippen LogP contribution < -0.4 is 5.32 Å². The van der Waals surface area contributed by atoms with E-state index in [4.69, 9.17) is 0 Å². The van der Waals surface area contributed by atoms with Crippen LogP contribution in [-0.2, 0) is 0 Å². The van der Waals surface area contributed by atoms with Crippen molar-refractivity contribution in [1.82, 2.24) is 5.32 Å². The van der Waals surface area contributed by atoms with E-state index in [2.05, 4.69) is 19.2 Å². The molecule has 1 aliphatic rings. The molecule has 0 aromatic carbocycles. The third-order valence-corrected chi connectivity index (χ3v) is 3.18. The first kappa shape index (κ1) is 11.0. The summed E-state index contributed by atoms with van der Waals surface area (Å²) in [5, 5.41) is 13.5. The van der Waals surface area contributed by atoms with Crippen LogP contribution >= 0.6 is 0 Å². The lowest BCUT2D eigenvalue weighted by molar-refractivity contribution is 0.00298. The van der Waals surface area contributed by atoms with Crippen molar-refractivity contribution in [2.24, 2.45) is 0 Å². The smallest absolute Gasteiger partial charge is 0.0771 e. The molecule has 2 nitrogen and oxygen atoms in total. The summed E-state index contributed by atoms with van der Waals surface area (Å²) in [4.78, 5) is 0. The number of hydrogen-bond donors (Lipinski definition) is 2. The van der Waals surface area contributed by atoms with Crippen molar-refractivity contribution in [3.8, 4) is 0 Å². The highest BCUT2D eigenvalue weighted by Crippen LogP contribution is 2.27. The summed E-state index contributed by atoms with van der Waals surface area (Å²) in [7, 11) is 0. The predicted octanol–water partition coefficient (Wildman–Crippen LogP) is 2.07. The first-order valence-electron chi connectivity index (χ1n) is 5.62. The van der Waals surface area contributed by atoms with Gasteiger partial charge in [-0.2, -0.15) is 0 Å². The molecule has 0 amide bonds. The molecular weight excluding hydrogens is 162 g/mol. The van der Waals surface area contributed by atoms with Crippen LogP contribution in [0, 0.1) is 0 Å². The maximum atomic E-state index is 10.2. The Labute approximate surface area is 81.7 Å². The molecule has 13 heavy (non-hydrogen) atoms. The van der Waals surface area contributed by atoms with Crippen molar-refractivity contribution in [1.29, 1.82) is 0 Å². The van der Waals surface area contributed by atoms with Crippen molar-refractivity contribution in [2.45, 2.75) is 64.0 Å². The van der Waals surface area contributed by atoms with E-state index in [9.17, 15) is 5.11 Å². The van der Waals surface area contributed by atoms with Crippen LogP contribution in [0.3, 0.4) is 0 Å². The minimum Gasteiger partial charge on any atom is -0.389 e. The van der Waals surface area contributed by atoms with E-state index in [-0.39, 0.29) is 0 Å². The van der Waals surface area contributed by atoms with Gasteiger partial charge < -0.3 is 10.4 Å². The molecule has 1 aliphatic carbocycles. The topological polar surface area (TPSA) is 32.3 Å². The zero-order chi connectivity index (χ0) is 9.73. The van der Waals surface area contributed by atoms with Crippen LogP contribution in [0.25, 0.3) is 0 Å². The van der Waals surface area contributed by atoms with Crippen LogP contribution in [0.1, 0.15) is 52.4 Å². The molecule has 0 heterocycles. The molecule has 2 N–H and O–H groups in total. The van der Waals surface area contributed by atoms with Crippen LogP contribution in [0.15, 0.2) is 0 Å². The summed E-state index contributed by atoms with van der Waals surface area (Å²) < 4.78 is 0. The van der Waals surface area contributed by atoms with Gasteiger partial charge in [0.05, 0.1) is 5.60 Å². The normalized spacial score (nSPS) is 24.2. The molecule has 0 bridgehead atoms. The van der Waals surface area contributed by atoms with Crippen LogP contribution in [0.4, 0.5) is 0 Å². The van der Waals surface area contributed by atoms with Gasteiger partial charge in [0.2, 0.25) is 0 Å². The third-order valence-electron chi connectivity index (χ3n) is 3.18. The van der Waals surface area contributed by atoms with Crippen molar-refractivity contribution in [3.05, 3.63) is 0 Å². The Morgan fingerprint density at radius 2 is 1.92 bits per heavy atom. The van der Waals surface area contributed by atoms with Gasteiger partial charge in [-0.1, -0.05) is 26.2 Å². The van der Waals surface area contributed by atoms with Gasteiger partial charge in [0.15, 0.2) is 0 Å². The molecule has 0 spiro atoms. The van der Waals surface area contributed by atoms with E-state index in [0.29, 0.717) is 6.04 Å². The fourth-order valence-corrected chi connectivity index (χ4v) is 1.90. The molecule has 0 aromatic rings. The average molecular weight is 185 g/mol. The molecule has 1 atom stereocenters. The standard InChI is InChI=1S/C11H23NO/c1-3-10(2)12-9-11(13)7-5-4-6-8-11/h10,12-13H,3-9H2,1-2H3/t10-/m0/s1. The molecule has 0 radical (unpaired) electrons. The summed E-state index contributed by atoms with van der Waals surface area (Å²) in [6.07, 6.45) is 6.78. The number of nitrogens with one attached hydrogen (secondary N) is 1. The number of rotatable bonds is 4. The summed E-state index contributed by atoms with van der Waals surface area (Å²) in [6, 6.07) is 0.533. The molecule has 1 saturated carbocycles. The Balaban J connectivity index is 2.24. The van der Waals surface area contributed by atoms with E-state index in [0.717, 1.165) is 25.8 Å². The molecular formula is C11H23NO. The highest BCUT2D eigenvalue weighted by molar-refractivity contribution is 4.85. The van der Waals surface area contributed by atoms with E-state index in [1.54, 1.807) is 0 Å². The van der Waals surface area contributed by atoms with E-state index < -0.39 is 5.60 Å². The molecule has 0 saturated heterocycles. The van der Waals surface area contributed by atoms with Gasteiger partial charge in [-0.3, -0.25) is 0 Å². The van der Waals surface area contributed by atoms with Crippen LogP contribution in [0.2, 0.25) is 0 Å². The molecule has 0 unspecified atom stereocenters. The number of hydrogen-bond acceptors (Lipinski definition) is 2. The second-order valence-electron chi connectivity index (χ2n) is 4.48. The zero-order valence-corrected chi connectivity index (χ0v) is 8.97. The summed E-state index contributed by atoms with van der Waals surface area (Å²) >= 11 is 0. The van der Waals surface area contributed by atoms with Crippen molar-refractivity contribution >= 4 is 0 Å². The summed E-state index contributed by atoms with van der Waals surface area (Å²) in [6.45, 7) is 5.12. The highest BCUT2D eigenvalue weighted by Gasteiger charge is 2.28. The average Bonchev–Trinajstić information content (AvgIpc) is 2.15. The molecule has 1 fully saturated rings. The van der Waals surface area contributed by atoms with Crippen molar-refractivity contribution < 1.29 is 5.11 Å². The van der Waals surface area contributed by atoms with Gasteiger partial charge in [-0.15, -0.1) is 0 Å². The van der Waals surface area contributed by atoms with Crippen molar-refractivity contribution in [3.63, 3.8) is 0 Å². The van der Waals surface area contributed by atoms with E-state index >= 15 is 0 Å². The summed E-state index contributed by atoms with van der Waals surface area (Å²) in [5.41, 5.74) is -0.401. The van der Waals surface area contributed by atoms with Crippen molar-refractivity contribution in [2.75, 3.05) is 6.54 Å². The quantitative estimate of drug-likeness (QED) is 0.702. The maximum Gasteiger partial charge on any atom is 0.0771 e. The lowest BCUT2D eigenvalue weighted by atomic mass is 9.85. The van der Waals surface area contributed by atoms with Gasteiger partial charge >= 0.3 is 0 Å². The monoisotopic (exact) mass is 185 g/mol. The van der Waals surface area contributed by atoms with Crippen LogP contribution in [-0.4, -0.2) is 23.3 Å². The highest BCUT2D eigenvalue weighted by atomic mass is 16.3. The van der Waals surface area contributed by atoms with E-state index in [1.165, 1.54) is 19.3 Å². The van der Waals surface area contributed by atoms with E-state index in [1.807, 2.05) is 0 Å². The minimum absolute atomic E-state index is 0.401. The lowest BCUT2D eigenvalue weighted by Crippen LogP contribution is -2.44. The van der Waals surface area contributed by atoms with Gasteiger partial charge in [0.25, 0.3) is 0 Å². The zero-order valence-electron chi connectivity index (χ0n) is 8.97. The molecule has 0 aliphatic heterocycles. The molecule has 2 heteroatoms. The first-order chi connectivity index (χ1) is 6.16. The van der Waals surface area contributed by atoms with Gasteiger partial charge in [0, 0.05) is 12.6 Å². The Morgan fingerprint density at radius 3 is 2.46 bits per heavy atom. The molecule has 78 valence electrons. The third kappa shape index (κ3) is 3.65. The molecule has 1 rings (SSSR count). The number of aliphatic hydroxyl groups is 1. The van der Waals surface area contributed by atoms with Crippen LogP contribution in [0.5, 0.6) is 0 Å². The lowest BCUT2D eigenvalue weighted by Gasteiger charge is -2.33. The first-order valence-corrected chi connectivity index (χ1v) is 5.62. The second kappa shape index (κ2) is 4.97. The Bertz CT molecular complexity index is 141. The fraction of sp³-hybridized carbons (Fsp3) is 1.00. The predicted molar refractivity (Wildman–Crippen MR) is 55.8 cm³/mol. The van der Waals surface area contributed by atoms with Gasteiger partial charge in [-0.25, -0.2) is 0 Å². The van der Waals surface area contributed by atoms with Gasteiger partial charge in [-0.05, 0) is 26.2 Å². The van der Waals surface area contributed by atoms with Gasteiger partial charge in [0.1, 0.15) is 0 Å². The molecule has 0 aromatic heterocycles. The second-order valence-corrected chi connectivity index (χ2v) is 4.48.